The van der Waals surface area contributed by atoms with Gasteiger partial charge in [-0.05, 0) is 20.3 Å². The van der Waals surface area contributed by atoms with Crippen LogP contribution in [0.5, 0.6) is 0 Å². The van der Waals surface area contributed by atoms with Crippen LogP contribution in [0.4, 0.5) is 5.95 Å². The Bertz CT molecular complexity index is 476. The van der Waals surface area contributed by atoms with Gasteiger partial charge in [0.1, 0.15) is 6.04 Å². The molecule has 0 radical (unpaired) electrons. The zero-order chi connectivity index (χ0) is 14.4. The van der Waals surface area contributed by atoms with Crippen molar-refractivity contribution in [2.24, 2.45) is 0 Å². The standard InChI is InChI=1S/C12H17N3O4/c1-4-9(10(16)17)15-12-13-6-8(7(3)14-12)11(18)19-5-2/h6,9H,4-5H2,1-3H3,(H,16,17)(H,13,14,15). The molecular formula is C12H17N3O4. The second kappa shape index (κ2) is 6.67. The monoisotopic (exact) mass is 267 g/mol. The molecule has 0 saturated heterocycles. The molecule has 0 aromatic carbocycles. The molecule has 1 atom stereocenters. The van der Waals surface area contributed by atoms with E-state index >= 15 is 0 Å². The minimum Gasteiger partial charge on any atom is -0.480 e. The molecule has 104 valence electrons. The lowest BCUT2D eigenvalue weighted by Gasteiger charge is -2.13. The molecule has 0 bridgehead atoms. The van der Waals surface area contributed by atoms with E-state index in [1.165, 1.54) is 6.20 Å². The summed E-state index contributed by atoms with van der Waals surface area (Å²) in [6, 6.07) is -0.757. The van der Waals surface area contributed by atoms with E-state index in [4.69, 9.17) is 9.84 Å². The first-order chi connectivity index (χ1) is 8.99. The molecule has 2 N–H and O–H groups in total. The Morgan fingerprint density at radius 1 is 1.47 bits per heavy atom. The molecule has 1 unspecified atom stereocenters. The van der Waals surface area contributed by atoms with Gasteiger partial charge in [0.15, 0.2) is 0 Å². The van der Waals surface area contributed by atoms with Crippen molar-refractivity contribution in [3.05, 3.63) is 17.5 Å². The summed E-state index contributed by atoms with van der Waals surface area (Å²) in [6.45, 7) is 5.37. The highest BCUT2D eigenvalue weighted by Gasteiger charge is 2.17. The maximum Gasteiger partial charge on any atom is 0.341 e. The Hall–Kier alpha value is -2.18. The number of carbonyl (C=O) groups is 2. The van der Waals surface area contributed by atoms with Gasteiger partial charge in [-0.2, -0.15) is 0 Å². The van der Waals surface area contributed by atoms with Gasteiger partial charge >= 0.3 is 11.9 Å². The molecule has 0 saturated carbocycles. The van der Waals surface area contributed by atoms with Gasteiger partial charge in [-0.15, -0.1) is 0 Å². The fourth-order valence-electron chi connectivity index (χ4n) is 1.44. The first-order valence-corrected chi connectivity index (χ1v) is 5.99. The van der Waals surface area contributed by atoms with E-state index in [9.17, 15) is 9.59 Å². The number of nitrogens with one attached hydrogen (secondary N) is 1. The molecule has 0 aliphatic rings. The summed E-state index contributed by atoms with van der Waals surface area (Å²) in [5, 5.41) is 11.6. The van der Waals surface area contributed by atoms with E-state index in [1.807, 2.05) is 0 Å². The van der Waals surface area contributed by atoms with E-state index in [2.05, 4.69) is 15.3 Å². The molecule has 0 aliphatic carbocycles. The van der Waals surface area contributed by atoms with Crippen molar-refractivity contribution in [3.63, 3.8) is 0 Å². The van der Waals surface area contributed by atoms with Crippen molar-refractivity contribution >= 4 is 17.9 Å². The Kier molecular flexibility index (Phi) is 5.23. The maximum atomic E-state index is 11.5. The first kappa shape index (κ1) is 14.9. The van der Waals surface area contributed by atoms with Crippen molar-refractivity contribution in [2.75, 3.05) is 11.9 Å². The van der Waals surface area contributed by atoms with E-state index in [0.29, 0.717) is 12.1 Å². The Labute approximate surface area is 111 Å². The van der Waals surface area contributed by atoms with E-state index in [1.54, 1.807) is 20.8 Å². The Morgan fingerprint density at radius 3 is 2.63 bits per heavy atom. The molecule has 1 aromatic heterocycles. The summed E-state index contributed by atoms with van der Waals surface area (Å²) >= 11 is 0. The quantitative estimate of drug-likeness (QED) is 0.747. The molecule has 0 spiro atoms. The largest absolute Gasteiger partial charge is 0.480 e. The smallest absolute Gasteiger partial charge is 0.341 e. The topological polar surface area (TPSA) is 101 Å². The van der Waals surface area contributed by atoms with Crippen LogP contribution in [-0.2, 0) is 9.53 Å². The molecule has 7 nitrogen and oxygen atoms in total. The van der Waals surface area contributed by atoms with Crippen molar-refractivity contribution in [2.45, 2.75) is 33.2 Å². The van der Waals surface area contributed by atoms with Crippen molar-refractivity contribution in [1.29, 1.82) is 0 Å². The number of aliphatic carboxylic acids is 1. The highest BCUT2D eigenvalue weighted by atomic mass is 16.5. The Balaban J connectivity index is 2.87. The first-order valence-electron chi connectivity index (χ1n) is 5.99. The van der Waals surface area contributed by atoms with Crippen molar-refractivity contribution in [1.82, 2.24) is 9.97 Å². The second-order valence-electron chi connectivity index (χ2n) is 3.86. The Morgan fingerprint density at radius 2 is 2.16 bits per heavy atom. The number of rotatable bonds is 6. The van der Waals surface area contributed by atoms with Crippen LogP contribution in [-0.4, -0.2) is 39.7 Å². The van der Waals surface area contributed by atoms with Crippen LogP contribution in [0.3, 0.4) is 0 Å². The predicted octanol–water partition coefficient (Wildman–Crippen LogP) is 1.24. The minimum absolute atomic E-state index is 0.180. The second-order valence-corrected chi connectivity index (χ2v) is 3.86. The number of anilines is 1. The van der Waals surface area contributed by atoms with Crippen molar-refractivity contribution in [3.8, 4) is 0 Å². The number of carboxylic acid groups (broad SMARTS) is 1. The highest BCUT2D eigenvalue weighted by Crippen LogP contribution is 2.10. The summed E-state index contributed by atoms with van der Waals surface area (Å²) in [6.07, 6.45) is 1.73. The summed E-state index contributed by atoms with van der Waals surface area (Å²) in [5.41, 5.74) is 0.715. The van der Waals surface area contributed by atoms with Gasteiger partial charge in [0.25, 0.3) is 0 Å². The van der Waals surface area contributed by atoms with Gasteiger partial charge in [0, 0.05) is 6.20 Å². The molecule has 0 aliphatic heterocycles. The average Bonchev–Trinajstić information content (AvgIpc) is 2.35. The zero-order valence-corrected chi connectivity index (χ0v) is 11.1. The van der Waals surface area contributed by atoms with Crippen LogP contribution < -0.4 is 5.32 Å². The molecule has 19 heavy (non-hydrogen) atoms. The van der Waals surface area contributed by atoms with Gasteiger partial charge in [-0.25, -0.2) is 19.6 Å². The third kappa shape index (κ3) is 3.90. The number of esters is 1. The number of aromatic nitrogens is 2. The number of nitrogens with zero attached hydrogens (tertiary/aromatic N) is 2. The summed E-state index contributed by atoms with van der Waals surface area (Å²) in [5.74, 6) is -1.28. The lowest BCUT2D eigenvalue weighted by atomic mass is 10.2. The zero-order valence-electron chi connectivity index (χ0n) is 11.1. The van der Waals surface area contributed by atoms with Crippen LogP contribution in [0.2, 0.25) is 0 Å². The lowest BCUT2D eigenvalue weighted by Crippen LogP contribution is -2.29. The third-order valence-corrected chi connectivity index (χ3v) is 2.48. The fourth-order valence-corrected chi connectivity index (χ4v) is 1.44. The average molecular weight is 267 g/mol. The van der Waals surface area contributed by atoms with Gasteiger partial charge in [-0.3, -0.25) is 0 Å². The normalized spacial score (nSPS) is 11.7. The highest BCUT2D eigenvalue weighted by molar-refractivity contribution is 5.90. The fraction of sp³-hybridized carbons (Fsp3) is 0.500. The molecule has 0 amide bonds. The number of aryl methyl sites for hydroxylation is 1. The molecule has 1 heterocycles. The van der Waals surface area contributed by atoms with Gasteiger partial charge in [0.2, 0.25) is 5.95 Å². The summed E-state index contributed by atoms with van der Waals surface area (Å²) in [4.78, 5) is 30.4. The molecule has 1 rings (SSSR count). The summed E-state index contributed by atoms with van der Waals surface area (Å²) < 4.78 is 4.86. The van der Waals surface area contributed by atoms with Crippen LogP contribution in [0.25, 0.3) is 0 Å². The van der Waals surface area contributed by atoms with Gasteiger partial charge < -0.3 is 15.2 Å². The van der Waals surface area contributed by atoms with E-state index in [-0.39, 0.29) is 18.1 Å². The predicted molar refractivity (Wildman–Crippen MR) is 68.1 cm³/mol. The van der Waals surface area contributed by atoms with E-state index < -0.39 is 18.0 Å². The number of carboxylic acids is 1. The molecule has 0 fully saturated rings. The number of ether oxygens (including phenoxy) is 1. The van der Waals surface area contributed by atoms with Crippen LogP contribution in [0, 0.1) is 6.92 Å². The molecular weight excluding hydrogens is 250 g/mol. The molecule has 1 aromatic rings. The number of hydrogen-bond acceptors (Lipinski definition) is 6. The summed E-state index contributed by atoms with van der Waals surface area (Å²) in [7, 11) is 0. The van der Waals surface area contributed by atoms with Gasteiger partial charge in [0.05, 0.1) is 17.9 Å². The van der Waals surface area contributed by atoms with Crippen LogP contribution in [0.1, 0.15) is 36.3 Å². The minimum atomic E-state index is -0.974. The van der Waals surface area contributed by atoms with Gasteiger partial charge in [-0.1, -0.05) is 6.92 Å². The number of hydrogen-bond donors (Lipinski definition) is 2. The molecule has 7 heteroatoms. The maximum absolute atomic E-state index is 11.5. The van der Waals surface area contributed by atoms with E-state index in [0.717, 1.165) is 0 Å². The lowest BCUT2D eigenvalue weighted by molar-refractivity contribution is -0.138. The van der Waals surface area contributed by atoms with Crippen molar-refractivity contribution < 1.29 is 19.4 Å². The number of carbonyl (C=O) groups excluding carboxylic acids is 1. The van der Waals surface area contributed by atoms with Crippen LogP contribution in [0.15, 0.2) is 6.20 Å². The third-order valence-electron chi connectivity index (χ3n) is 2.48. The van der Waals surface area contributed by atoms with Crippen LogP contribution >= 0.6 is 0 Å². The SMILES string of the molecule is CCOC(=O)c1cnc(NC(CC)C(=O)O)nc1C.